The molecule has 0 aliphatic rings. The van der Waals surface area contributed by atoms with Gasteiger partial charge in [0, 0.05) is 24.7 Å². The lowest BCUT2D eigenvalue weighted by Crippen LogP contribution is -2.31. The highest BCUT2D eigenvalue weighted by molar-refractivity contribution is 5.95. The van der Waals surface area contributed by atoms with E-state index in [1.807, 2.05) is 37.3 Å². The number of nitrogens with zero attached hydrogens (tertiary/aromatic N) is 2. The first-order valence-corrected chi connectivity index (χ1v) is 7.72. The zero-order valence-corrected chi connectivity index (χ0v) is 13.8. The first-order chi connectivity index (χ1) is 11.6. The summed E-state index contributed by atoms with van der Waals surface area (Å²) in [6.07, 6.45) is 0.802. The first-order valence-electron chi connectivity index (χ1n) is 7.72. The molecule has 0 aliphatic carbocycles. The molecule has 0 N–H and O–H groups in total. The van der Waals surface area contributed by atoms with Gasteiger partial charge in [-0.25, -0.2) is 0 Å². The number of hydrogen-bond donors (Lipinski definition) is 0. The van der Waals surface area contributed by atoms with Crippen molar-refractivity contribution in [2.24, 2.45) is 0 Å². The van der Waals surface area contributed by atoms with Crippen LogP contribution >= 0.6 is 0 Å². The van der Waals surface area contributed by atoms with Gasteiger partial charge in [-0.15, -0.1) is 0 Å². The molecule has 2 rings (SSSR count). The van der Waals surface area contributed by atoms with Gasteiger partial charge in [0.15, 0.2) is 5.75 Å². The summed E-state index contributed by atoms with van der Waals surface area (Å²) < 4.78 is 4.98. The van der Waals surface area contributed by atoms with Crippen molar-refractivity contribution in [1.29, 1.82) is 0 Å². The van der Waals surface area contributed by atoms with Gasteiger partial charge in [-0.2, -0.15) is 0 Å². The van der Waals surface area contributed by atoms with Crippen LogP contribution in [0.4, 0.5) is 5.69 Å². The van der Waals surface area contributed by atoms with E-state index in [1.54, 1.807) is 11.0 Å². The smallest absolute Gasteiger partial charge is 0.311 e. The summed E-state index contributed by atoms with van der Waals surface area (Å²) in [6, 6.07) is 13.9. The maximum atomic E-state index is 12.8. The third-order valence-corrected chi connectivity index (χ3v) is 3.62. The summed E-state index contributed by atoms with van der Waals surface area (Å²) in [5.41, 5.74) is 1.09. The quantitative estimate of drug-likeness (QED) is 0.574. The molecule has 0 fully saturated rings. The summed E-state index contributed by atoms with van der Waals surface area (Å²) in [5.74, 6) is -0.0897. The highest BCUT2D eigenvalue weighted by atomic mass is 16.6. The van der Waals surface area contributed by atoms with Crippen LogP contribution in [0.2, 0.25) is 0 Å². The molecule has 0 atom stereocenters. The van der Waals surface area contributed by atoms with E-state index in [-0.39, 0.29) is 22.9 Å². The maximum absolute atomic E-state index is 12.8. The van der Waals surface area contributed by atoms with Gasteiger partial charge in [-0.1, -0.05) is 37.3 Å². The molecule has 6 nitrogen and oxygen atoms in total. The third-order valence-electron chi connectivity index (χ3n) is 3.62. The molecule has 0 aliphatic heterocycles. The number of amides is 1. The Morgan fingerprint density at radius 1 is 1.21 bits per heavy atom. The summed E-state index contributed by atoms with van der Waals surface area (Å²) in [7, 11) is 1.36. The lowest BCUT2D eigenvalue weighted by Gasteiger charge is -2.22. The average Bonchev–Trinajstić information content (AvgIpc) is 2.61. The van der Waals surface area contributed by atoms with Crippen LogP contribution in [0.15, 0.2) is 48.5 Å². The highest BCUT2D eigenvalue weighted by Crippen LogP contribution is 2.28. The van der Waals surface area contributed by atoms with Crippen molar-refractivity contribution in [3.8, 4) is 5.75 Å². The van der Waals surface area contributed by atoms with Crippen LogP contribution < -0.4 is 4.74 Å². The Labute approximate surface area is 140 Å². The lowest BCUT2D eigenvalue weighted by atomic mass is 10.1. The second-order valence-electron chi connectivity index (χ2n) is 5.36. The maximum Gasteiger partial charge on any atom is 0.311 e. The summed E-state index contributed by atoms with van der Waals surface area (Å²) in [6.45, 7) is 3.03. The predicted molar refractivity (Wildman–Crippen MR) is 91.1 cm³/mol. The Bertz CT molecular complexity index is 716. The number of hydrogen-bond acceptors (Lipinski definition) is 4. The van der Waals surface area contributed by atoms with E-state index in [2.05, 4.69) is 0 Å². The lowest BCUT2D eigenvalue weighted by molar-refractivity contribution is -0.385. The van der Waals surface area contributed by atoms with Gasteiger partial charge in [0.1, 0.15) is 0 Å². The van der Waals surface area contributed by atoms with Crippen LogP contribution in [0.1, 0.15) is 29.3 Å². The molecule has 0 spiro atoms. The number of nitro groups is 1. The molecule has 2 aromatic rings. The SMILES string of the molecule is CCCN(Cc1ccccc1)C(=O)c1ccc(OC)c([N+](=O)[O-])c1. The van der Waals surface area contributed by atoms with Crippen molar-refractivity contribution in [2.75, 3.05) is 13.7 Å². The minimum absolute atomic E-state index is 0.140. The van der Waals surface area contributed by atoms with Crippen LogP contribution in [0.25, 0.3) is 0 Å². The van der Waals surface area contributed by atoms with Crippen LogP contribution in [0, 0.1) is 10.1 Å². The number of ether oxygens (including phenoxy) is 1. The molecule has 0 saturated carbocycles. The second-order valence-corrected chi connectivity index (χ2v) is 5.36. The highest BCUT2D eigenvalue weighted by Gasteiger charge is 2.21. The number of carbonyl (C=O) groups excluding carboxylic acids is 1. The zero-order valence-electron chi connectivity index (χ0n) is 13.8. The van der Waals surface area contributed by atoms with E-state index < -0.39 is 4.92 Å². The predicted octanol–water partition coefficient (Wildman–Crippen LogP) is 3.66. The largest absolute Gasteiger partial charge is 0.490 e. The van der Waals surface area contributed by atoms with Gasteiger partial charge < -0.3 is 9.64 Å². The Morgan fingerprint density at radius 3 is 2.50 bits per heavy atom. The third kappa shape index (κ3) is 4.10. The average molecular weight is 328 g/mol. The van der Waals surface area contributed by atoms with Crippen molar-refractivity contribution in [2.45, 2.75) is 19.9 Å². The second kappa shape index (κ2) is 8.10. The number of rotatable bonds is 7. The van der Waals surface area contributed by atoms with Crippen LogP contribution in [0.3, 0.4) is 0 Å². The van der Waals surface area contributed by atoms with Gasteiger partial charge >= 0.3 is 5.69 Å². The van der Waals surface area contributed by atoms with Gasteiger partial charge in [0.2, 0.25) is 0 Å². The molecule has 0 radical (unpaired) electrons. The number of nitro benzene ring substituents is 1. The fourth-order valence-corrected chi connectivity index (χ4v) is 2.47. The molecule has 0 heterocycles. The summed E-state index contributed by atoms with van der Waals surface area (Å²) in [5, 5.41) is 11.1. The number of carbonyl (C=O) groups is 1. The Morgan fingerprint density at radius 2 is 1.92 bits per heavy atom. The fourth-order valence-electron chi connectivity index (χ4n) is 2.47. The van der Waals surface area contributed by atoms with Crippen LogP contribution in [-0.2, 0) is 6.54 Å². The minimum atomic E-state index is -0.545. The van der Waals surface area contributed by atoms with E-state index >= 15 is 0 Å². The van der Waals surface area contributed by atoms with Crippen LogP contribution in [0.5, 0.6) is 5.75 Å². The molecule has 1 amide bonds. The number of methoxy groups -OCH3 is 1. The fraction of sp³-hybridized carbons (Fsp3) is 0.278. The van der Waals surface area contributed by atoms with Crippen molar-refractivity contribution in [3.63, 3.8) is 0 Å². The molecule has 24 heavy (non-hydrogen) atoms. The van der Waals surface area contributed by atoms with Gasteiger partial charge in [-0.05, 0) is 24.1 Å². The molecule has 0 saturated heterocycles. The van der Waals surface area contributed by atoms with E-state index in [0.29, 0.717) is 13.1 Å². The minimum Gasteiger partial charge on any atom is -0.490 e. The van der Waals surface area contributed by atoms with E-state index in [1.165, 1.54) is 19.2 Å². The molecular formula is C18H20N2O4. The Kier molecular flexibility index (Phi) is 5.89. The van der Waals surface area contributed by atoms with Gasteiger partial charge in [0.25, 0.3) is 5.91 Å². The van der Waals surface area contributed by atoms with Crippen molar-refractivity contribution in [3.05, 3.63) is 69.8 Å². The summed E-state index contributed by atoms with van der Waals surface area (Å²) >= 11 is 0. The molecule has 0 aromatic heterocycles. The zero-order chi connectivity index (χ0) is 17.5. The Balaban J connectivity index is 2.29. The number of benzene rings is 2. The van der Waals surface area contributed by atoms with E-state index in [4.69, 9.17) is 4.74 Å². The molecule has 0 unspecified atom stereocenters. The molecule has 2 aromatic carbocycles. The van der Waals surface area contributed by atoms with E-state index in [9.17, 15) is 14.9 Å². The van der Waals surface area contributed by atoms with Crippen LogP contribution in [-0.4, -0.2) is 29.4 Å². The van der Waals surface area contributed by atoms with Crippen molar-refractivity contribution >= 4 is 11.6 Å². The Hall–Kier alpha value is -2.89. The molecule has 126 valence electrons. The summed E-state index contributed by atoms with van der Waals surface area (Å²) in [4.78, 5) is 25.1. The first kappa shape index (κ1) is 17.5. The topological polar surface area (TPSA) is 72.7 Å². The van der Waals surface area contributed by atoms with Crippen molar-refractivity contribution < 1.29 is 14.5 Å². The van der Waals surface area contributed by atoms with Gasteiger partial charge in [-0.3, -0.25) is 14.9 Å². The van der Waals surface area contributed by atoms with Gasteiger partial charge in [0.05, 0.1) is 12.0 Å². The molecule has 0 bridgehead atoms. The molecule has 6 heteroatoms. The van der Waals surface area contributed by atoms with Crippen molar-refractivity contribution in [1.82, 2.24) is 4.90 Å². The molecular weight excluding hydrogens is 308 g/mol. The van der Waals surface area contributed by atoms with E-state index in [0.717, 1.165) is 12.0 Å². The standard InChI is InChI=1S/C18H20N2O4/c1-3-11-19(13-14-7-5-4-6-8-14)18(21)15-9-10-17(24-2)16(12-15)20(22)23/h4-10,12H,3,11,13H2,1-2H3. The normalized spacial score (nSPS) is 10.2. The monoisotopic (exact) mass is 328 g/mol.